The largest absolute Gasteiger partial charge is 0.395 e. The Hall–Kier alpha value is 0.270. The van der Waals surface area contributed by atoms with E-state index in [1.807, 2.05) is 11.8 Å². The highest BCUT2D eigenvalue weighted by atomic mass is 32.2. The van der Waals surface area contributed by atoms with Crippen molar-refractivity contribution in [2.24, 2.45) is 0 Å². The molecule has 14 heavy (non-hydrogen) atoms. The summed E-state index contributed by atoms with van der Waals surface area (Å²) in [4.78, 5) is 0. The second-order valence-electron chi connectivity index (χ2n) is 4.44. The minimum Gasteiger partial charge on any atom is -0.395 e. The van der Waals surface area contributed by atoms with Crippen molar-refractivity contribution in [3.05, 3.63) is 0 Å². The number of nitrogens with one attached hydrogen (secondary N) is 1. The first kappa shape index (κ1) is 12.3. The van der Waals surface area contributed by atoms with Gasteiger partial charge in [0.2, 0.25) is 0 Å². The molecule has 1 saturated carbocycles. The maximum Gasteiger partial charge on any atom is 0.0592 e. The smallest absolute Gasteiger partial charge is 0.0592 e. The van der Waals surface area contributed by atoms with Crippen LogP contribution in [0.5, 0.6) is 0 Å². The molecule has 1 rings (SSSR count). The molecule has 1 aliphatic carbocycles. The van der Waals surface area contributed by atoms with Crippen LogP contribution in [-0.4, -0.2) is 34.8 Å². The first-order chi connectivity index (χ1) is 6.72. The van der Waals surface area contributed by atoms with E-state index in [1.54, 1.807) is 0 Å². The highest BCUT2D eigenvalue weighted by Crippen LogP contribution is 2.29. The van der Waals surface area contributed by atoms with Gasteiger partial charge in [0.25, 0.3) is 0 Å². The minimum atomic E-state index is 0.262. The maximum absolute atomic E-state index is 9.17. The van der Waals surface area contributed by atoms with Gasteiger partial charge in [-0.2, -0.15) is 11.8 Å². The second kappa shape index (κ2) is 6.70. The summed E-state index contributed by atoms with van der Waals surface area (Å²) in [6.07, 6.45) is 5.56. The zero-order valence-corrected chi connectivity index (χ0v) is 10.1. The van der Waals surface area contributed by atoms with Crippen LogP contribution in [0.3, 0.4) is 0 Å². The molecule has 3 heteroatoms. The predicted molar refractivity (Wildman–Crippen MR) is 63.9 cm³/mol. The number of aliphatic hydroxyl groups excluding tert-OH is 1. The Morgan fingerprint density at radius 3 is 2.50 bits per heavy atom. The maximum atomic E-state index is 9.17. The fourth-order valence-electron chi connectivity index (χ4n) is 1.93. The molecule has 0 aromatic rings. The topological polar surface area (TPSA) is 32.3 Å². The Morgan fingerprint density at radius 2 is 2.00 bits per heavy atom. The van der Waals surface area contributed by atoms with Gasteiger partial charge >= 0.3 is 0 Å². The van der Waals surface area contributed by atoms with Crippen molar-refractivity contribution in [1.82, 2.24) is 5.32 Å². The van der Waals surface area contributed by atoms with Crippen LogP contribution in [0.1, 0.15) is 39.5 Å². The third kappa shape index (κ3) is 4.67. The average Bonchev–Trinajstić information content (AvgIpc) is 2.64. The van der Waals surface area contributed by atoms with Crippen LogP contribution in [0.2, 0.25) is 0 Å². The van der Waals surface area contributed by atoms with Gasteiger partial charge in [-0.1, -0.05) is 26.7 Å². The van der Waals surface area contributed by atoms with Crippen LogP contribution < -0.4 is 5.32 Å². The standard InChI is InChI=1S/C11H23NOS/c1-9(2)12-10(7-13)8-14-11-5-3-4-6-11/h9-13H,3-8H2,1-2H3. The number of rotatable bonds is 6. The Kier molecular flexibility index (Phi) is 5.90. The quantitative estimate of drug-likeness (QED) is 0.714. The van der Waals surface area contributed by atoms with E-state index < -0.39 is 0 Å². The fraction of sp³-hybridized carbons (Fsp3) is 1.00. The van der Waals surface area contributed by atoms with Gasteiger partial charge in [-0.05, 0) is 12.8 Å². The summed E-state index contributed by atoms with van der Waals surface area (Å²) in [5.74, 6) is 1.05. The van der Waals surface area contributed by atoms with Crippen molar-refractivity contribution >= 4 is 11.8 Å². The molecule has 0 aromatic carbocycles. The lowest BCUT2D eigenvalue weighted by atomic mass is 10.3. The molecular weight excluding hydrogens is 194 g/mol. The summed E-state index contributed by atoms with van der Waals surface area (Å²) in [6, 6.07) is 0.747. The van der Waals surface area contributed by atoms with E-state index >= 15 is 0 Å². The van der Waals surface area contributed by atoms with Gasteiger partial charge in [-0.15, -0.1) is 0 Å². The molecule has 1 unspecified atom stereocenters. The predicted octanol–water partition coefficient (Wildman–Crippen LogP) is 2.02. The Morgan fingerprint density at radius 1 is 1.36 bits per heavy atom. The zero-order valence-electron chi connectivity index (χ0n) is 9.33. The van der Waals surface area contributed by atoms with Gasteiger partial charge in [0.15, 0.2) is 0 Å². The fourth-order valence-corrected chi connectivity index (χ4v) is 3.30. The first-order valence-electron chi connectivity index (χ1n) is 5.71. The van der Waals surface area contributed by atoms with E-state index in [1.165, 1.54) is 25.7 Å². The SMILES string of the molecule is CC(C)NC(CO)CSC1CCCC1. The Balaban J connectivity index is 2.12. The van der Waals surface area contributed by atoms with Crippen molar-refractivity contribution in [2.45, 2.75) is 56.9 Å². The molecule has 1 fully saturated rings. The van der Waals surface area contributed by atoms with Gasteiger partial charge in [0, 0.05) is 23.1 Å². The van der Waals surface area contributed by atoms with E-state index in [9.17, 15) is 5.11 Å². The molecule has 84 valence electrons. The molecule has 0 saturated heterocycles. The molecule has 0 amide bonds. The summed E-state index contributed by atoms with van der Waals surface area (Å²) in [5.41, 5.74) is 0. The number of hydrogen-bond acceptors (Lipinski definition) is 3. The van der Waals surface area contributed by atoms with E-state index in [4.69, 9.17) is 0 Å². The van der Waals surface area contributed by atoms with Crippen molar-refractivity contribution in [2.75, 3.05) is 12.4 Å². The van der Waals surface area contributed by atoms with E-state index in [-0.39, 0.29) is 12.6 Å². The first-order valence-corrected chi connectivity index (χ1v) is 6.75. The normalized spacial score (nSPS) is 20.6. The second-order valence-corrected chi connectivity index (χ2v) is 5.77. The minimum absolute atomic E-state index is 0.262. The average molecular weight is 217 g/mol. The Labute approximate surface area is 91.9 Å². The molecule has 1 aliphatic rings. The molecule has 1 atom stereocenters. The van der Waals surface area contributed by atoms with Crippen molar-refractivity contribution in [3.8, 4) is 0 Å². The molecule has 0 radical (unpaired) electrons. The van der Waals surface area contributed by atoms with Crippen molar-refractivity contribution in [3.63, 3.8) is 0 Å². The Bertz CT molecular complexity index is 146. The van der Waals surface area contributed by atoms with E-state index in [0.29, 0.717) is 6.04 Å². The molecule has 0 heterocycles. The van der Waals surface area contributed by atoms with Gasteiger partial charge < -0.3 is 10.4 Å². The summed E-state index contributed by atoms with van der Waals surface area (Å²) in [7, 11) is 0. The number of thioether (sulfide) groups is 1. The molecule has 0 aromatic heterocycles. The van der Waals surface area contributed by atoms with Gasteiger partial charge in [-0.3, -0.25) is 0 Å². The van der Waals surface area contributed by atoms with Crippen LogP contribution in [0.15, 0.2) is 0 Å². The lowest BCUT2D eigenvalue weighted by Gasteiger charge is -2.20. The lowest BCUT2D eigenvalue weighted by molar-refractivity contribution is 0.247. The molecule has 0 bridgehead atoms. The van der Waals surface area contributed by atoms with Crippen LogP contribution in [-0.2, 0) is 0 Å². The van der Waals surface area contributed by atoms with Crippen molar-refractivity contribution in [1.29, 1.82) is 0 Å². The van der Waals surface area contributed by atoms with Gasteiger partial charge in [0.1, 0.15) is 0 Å². The van der Waals surface area contributed by atoms with Crippen LogP contribution >= 0.6 is 11.8 Å². The van der Waals surface area contributed by atoms with E-state index in [0.717, 1.165) is 11.0 Å². The third-order valence-corrected chi connectivity index (χ3v) is 4.16. The lowest BCUT2D eigenvalue weighted by Crippen LogP contribution is -2.39. The number of hydrogen-bond donors (Lipinski definition) is 2. The summed E-state index contributed by atoms with van der Waals surface area (Å²) < 4.78 is 0. The highest BCUT2D eigenvalue weighted by Gasteiger charge is 2.17. The third-order valence-electron chi connectivity index (χ3n) is 2.62. The van der Waals surface area contributed by atoms with Gasteiger partial charge in [-0.25, -0.2) is 0 Å². The molecular formula is C11H23NOS. The number of aliphatic hydroxyl groups is 1. The van der Waals surface area contributed by atoms with Gasteiger partial charge in [0.05, 0.1) is 6.61 Å². The molecule has 2 nitrogen and oxygen atoms in total. The van der Waals surface area contributed by atoms with Crippen LogP contribution in [0, 0.1) is 0 Å². The molecule has 0 aliphatic heterocycles. The zero-order chi connectivity index (χ0) is 10.4. The summed E-state index contributed by atoms with van der Waals surface area (Å²) >= 11 is 2.04. The highest BCUT2D eigenvalue weighted by molar-refractivity contribution is 7.99. The monoisotopic (exact) mass is 217 g/mol. The van der Waals surface area contributed by atoms with Crippen LogP contribution in [0.25, 0.3) is 0 Å². The summed E-state index contributed by atoms with van der Waals surface area (Å²) in [5, 5.41) is 13.4. The molecule has 0 spiro atoms. The van der Waals surface area contributed by atoms with Crippen molar-refractivity contribution < 1.29 is 5.11 Å². The summed E-state index contributed by atoms with van der Waals surface area (Å²) in [6.45, 7) is 4.52. The van der Waals surface area contributed by atoms with Crippen LogP contribution in [0.4, 0.5) is 0 Å². The van der Waals surface area contributed by atoms with E-state index in [2.05, 4.69) is 19.2 Å². The molecule has 2 N–H and O–H groups in total.